The number of aromatic nitrogens is 1. The smallest absolute Gasteiger partial charge is 0.335 e. The molecule has 118 valence electrons. The van der Waals surface area contributed by atoms with Gasteiger partial charge in [0.1, 0.15) is 0 Å². The van der Waals surface area contributed by atoms with Crippen LogP contribution in [-0.2, 0) is 6.42 Å². The zero-order valence-electron chi connectivity index (χ0n) is 12.8. The highest BCUT2D eigenvalue weighted by atomic mass is 16.4. The molecule has 1 aromatic heterocycles. The van der Waals surface area contributed by atoms with Gasteiger partial charge < -0.3 is 5.11 Å². The van der Waals surface area contributed by atoms with Gasteiger partial charge in [-0.25, -0.2) is 4.79 Å². The van der Waals surface area contributed by atoms with Gasteiger partial charge >= 0.3 is 5.97 Å². The van der Waals surface area contributed by atoms with Gasteiger partial charge in [0.05, 0.1) is 5.56 Å². The monoisotopic (exact) mass is 317 g/mol. The Morgan fingerprint density at radius 2 is 1.62 bits per heavy atom. The molecule has 0 saturated carbocycles. The van der Waals surface area contributed by atoms with E-state index in [0.29, 0.717) is 12.0 Å². The summed E-state index contributed by atoms with van der Waals surface area (Å²) in [5.74, 6) is -0.931. The molecule has 4 nitrogen and oxygen atoms in total. The second-order valence-corrected chi connectivity index (χ2v) is 5.42. The first-order valence-electron chi connectivity index (χ1n) is 7.49. The molecule has 0 spiro atoms. The van der Waals surface area contributed by atoms with Crippen LogP contribution >= 0.6 is 0 Å². The van der Waals surface area contributed by atoms with E-state index in [1.54, 1.807) is 42.7 Å². The second kappa shape index (κ2) is 6.87. The van der Waals surface area contributed by atoms with E-state index in [0.717, 1.165) is 16.7 Å². The molecule has 3 rings (SSSR count). The lowest BCUT2D eigenvalue weighted by atomic mass is 9.99. The summed E-state index contributed by atoms with van der Waals surface area (Å²) in [5.41, 5.74) is 3.50. The molecule has 0 aliphatic rings. The van der Waals surface area contributed by atoms with Crippen LogP contribution in [0.25, 0.3) is 11.1 Å². The van der Waals surface area contributed by atoms with Gasteiger partial charge in [-0.1, -0.05) is 36.4 Å². The molecule has 1 N–H and O–H groups in total. The van der Waals surface area contributed by atoms with Gasteiger partial charge in [-0.3, -0.25) is 9.78 Å². The molecule has 0 bridgehead atoms. The van der Waals surface area contributed by atoms with Gasteiger partial charge in [-0.05, 0) is 41.0 Å². The molecule has 1 heterocycles. The number of carboxylic acid groups (broad SMARTS) is 1. The number of aromatic carboxylic acids is 1. The van der Waals surface area contributed by atoms with Crippen molar-refractivity contribution in [2.24, 2.45) is 0 Å². The number of carbonyl (C=O) groups excluding carboxylic acids is 1. The van der Waals surface area contributed by atoms with Gasteiger partial charge in [0, 0.05) is 24.4 Å². The van der Waals surface area contributed by atoms with Crippen LogP contribution in [0, 0.1) is 0 Å². The van der Waals surface area contributed by atoms with Crippen molar-refractivity contribution in [3.05, 3.63) is 89.7 Å². The molecular formula is C20H15NO3. The van der Waals surface area contributed by atoms with Crippen LogP contribution in [0.4, 0.5) is 0 Å². The highest BCUT2D eigenvalue weighted by Gasteiger charge is 2.08. The highest BCUT2D eigenvalue weighted by Crippen LogP contribution is 2.21. The number of pyridine rings is 1. The molecule has 4 heteroatoms. The first-order valence-corrected chi connectivity index (χ1v) is 7.49. The lowest BCUT2D eigenvalue weighted by Crippen LogP contribution is -2.03. The molecule has 2 aromatic carbocycles. The van der Waals surface area contributed by atoms with E-state index in [1.165, 1.54) is 0 Å². The van der Waals surface area contributed by atoms with Crippen LogP contribution in [0.3, 0.4) is 0 Å². The molecule has 0 aliphatic carbocycles. The van der Waals surface area contributed by atoms with Crippen molar-refractivity contribution in [3.63, 3.8) is 0 Å². The predicted molar refractivity (Wildman–Crippen MR) is 91.1 cm³/mol. The van der Waals surface area contributed by atoms with Crippen LogP contribution in [0.15, 0.2) is 73.1 Å². The summed E-state index contributed by atoms with van der Waals surface area (Å²) < 4.78 is 0. The number of nitrogens with zero attached hydrogens (tertiary/aromatic N) is 1. The molecule has 0 atom stereocenters. The van der Waals surface area contributed by atoms with E-state index in [9.17, 15) is 9.59 Å². The molecule has 0 saturated heterocycles. The Labute approximate surface area is 139 Å². The fourth-order valence-electron chi connectivity index (χ4n) is 2.46. The zero-order valence-corrected chi connectivity index (χ0v) is 12.8. The molecular weight excluding hydrogens is 302 g/mol. The fourth-order valence-corrected chi connectivity index (χ4v) is 2.46. The standard InChI is InChI=1S/C20H15NO3/c22-19(18-5-2-10-21-13-18)11-14-6-8-15(9-7-14)16-3-1-4-17(12-16)20(23)24/h1-10,12-13H,11H2,(H,23,24). The van der Waals surface area contributed by atoms with Gasteiger partial charge in [0.15, 0.2) is 5.78 Å². The molecule has 0 unspecified atom stereocenters. The van der Waals surface area contributed by atoms with Crippen molar-refractivity contribution in [2.75, 3.05) is 0 Å². The summed E-state index contributed by atoms with van der Waals surface area (Å²) in [5, 5.41) is 9.07. The first kappa shape index (κ1) is 15.6. The van der Waals surface area contributed by atoms with Crippen molar-refractivity contribution in [1.82, 2.24) is 4.98 Å². The maximum absolute atomic E-state index is 12.2. The molecule has 0 amide bonds. The Morgan fingerprint density at radius 1 is 0.875 bits per heavy atom. The summed E-state index contributed by atoms with van der Waals surface area (Å²) in [6, 6.07) is 17.8. The van der Waals surface area contributed by atoms with Crippen LogP contribution < -0.4 is 0 Å². The van der Waals surface area contributed by atoms with Crippen LogP contribution in [-0.4, -0.2) is 21.8 Å². The lowest BCUT2D eigenvalue weighted by Gasteiger charge is -2.05. The topological polar surface area (TPSA) is 67.3 Å². The Bertz CT molecular complexity index is 871. The van der Waals surface area contributed by atoms with Crippen molar-refractivity contribution in [3.8, 4) is 11.1 Å². The van der Waals surface area contributed by atoms with Crippen molar-refractivity contribution < 1.29 is 14.7 Å². The minimum atomic E-state index is -0.949. The maximum Gasteiger partial charge on any atom is 0.335 e. The first-order chi connectivity index (χ1) is 11.6. The fraction of sp³-hybridized carbons (Fsp3) is 0.0500. The number of Topliss-reactive ketones (excluding diaryl/α,β-unsaturated/α-hetero) is 1. The average Bonchev–Trinajstić information content (AvgIpc) is 2.63. The summed E-state index contributed by atoms with van der Waals surface area (Å²) in [4.78, 5) is 27.2. The van der Waals surface area contributed by atoms with E-state index in [-0.39, 0.29) is 11.3 Å². The van der Waals surface area contributed by atoms with E-state index < -0.39 is 5.97 Å². The summed E-state index contributed by atoms with van der Waals surface area (Å²) in [6.45, 7) is 0. The van der Waals surface area contributed by atoms with Gasteiger partial charge in [0.2, 0.25) is 0 Å². The SMILES string of the molecule is O=C(O)c1cccc(-c2ccc(CC(=O)c3cccnc3)cc2)c1. The van der Waals surface area contributed by atoms with Crippen LogP contribution in [0.5, 0.6) is 0 Å². The number of carbonyl (C=O) groups is 2. The predicted octanol–water partition coefficient (Wildman–Crippen LogP) is 3.87. The average molecular weight is 317 g/mol. The molecule has 0 aliphatic heterocycles. The molecule has 3 aromatic rings. The minimum absolute atomic E-state index is 0.0173. The normalized spacial score (nSPS) is 10.3. The molecule has 0 fully saturated rings. The highest BCUT2D eigenvalue weighted by molar-refractivity contribution is 5.97. The van der Waals surface area contributed by atoms with Crippen LogP contribution in [0.2, 0.25) is 0 Å². The summed E-state index contributed by atoms with van der Waals surface area (Å²) in [6.07, 6.45) is 3.51. The number of benzene rings is 2. The van der Waals surface area contributed by atoms with Crippen molar-refractivity contribution in [1.29, 1.82) is 0 Å². The maximum atomic E-state index is 12.2. The third kappa shape index (κ3) is 3.55. The van der Waals surface area contributed by atoms with Gasteiger partial charge in [-0.2, -0.15) is 0 Å². The Morgan fingerprint density at radius 3 is 2.29 bits per heavy atom. The van der Waals surface area contributed by atoms with E-state index in [1.807, 2.05) is 30.3 Å². The third-order valence-corrected chi connectivity index (χ3v) is 3.74. The van der Waals surface area contributed by atoms with E-state index in [4.69, 9.17) is 5.11 Å². The Kier molecular flexibility index (Phi) is 4.47. The summed E-state index contributed by atoms with van der Waals surface area (Å²) in [7, 11) is 0. The Balaban J connectivity index is 1.77. The number of ketones is 1. The minimum Gasteiger partial charge on any atom is -0.478 e. The zero-order chi connectivity index (χ0) is 16.9. The third-order valence-electron chi connectivity index (χ3n) is 3.74. The number of rotatable bonds is 5. The van der Waals surface area contributed by atoms with E-state index in [2.05, 4.69) is 4.98 Å². The van der Waals surface area contributed by atoms with Crippen molar-refractivity contribution in [2.45, 2.75) is 6.42 Å². The Hall–Kier alpha value is -3.27. The van der Waals surface area contributed by atoms with Crippen LogP contribution in [0.1, 0.15) is 26.3 Å². The molecule has 24 heavy (non-hydrogen) atoms. The van der Waals surface area contributed by atoms with Gasteiger partial charge in [-0.15, -0.1) is 0 Å². The largest absolute Gasteiger partial charge is 0.478 e. The number of carboxylic acids is 1. The number of hydrogen-bond donors (Lipinski definition) is 1. The molecule has 0 radical (unpaired) electrons. The number of hydrogen-bond acceptors (Lipinski definition) is 3. The quantitative estimate of drug-likeness (QED) is 0.725. The van der Waals surface area contributed by atoms with E-state index >= 15 is 0 Å². The van der Waals surface area contributed by atoms with Gasteiger partial charge in [0.25, 0.3) is 0 Å². The second-order valence-electron chi connectivity index (χ2n) is 5.42. The lowest BCUT2D eigenvalue weighted by molar-refractivity contribution is 0.0696. The summed E-state index contributed by atoms with van der Waals surface area (Å²) >= 11 is 0. The van der Waals surface area contributed by atoms with Crippen molar-refractivity contribution >= 4 is 11.8 Å².